The molecule has 1 aliphatic carbocycles. The number of halogens is 1. The van der Waals surface area contributed by atoms with Gasteiger partial charge in [-0.3, -0.25) is 4.79 Å². The summed E-state index contributed by atoms with van der Waals surface area (Å²) in [5.41, 5.74) is -0.988. The second-order valence-electron chi connectivity index (χ2n) is 11.7. The molecule has 3 unspecified atom stereocenters. The lowest BCUT2D eigenvalue weighted by Gasteiger charge is -2.41. The first-order chi connectivity index (χ1) is 21.8. The predicted octanol–water partition coefficient (Wildman–Crippen LogP) is 0.0655. The summed E-state index contributed by atoms with van der Waals surface area (Å²) in [5.74, 6) is -1.59. The van der Waals surface area contributed by atoms with E-state index in [-0.39, 0.29) is 41.7 Å². The van der Waals surface area contributed by atoms with E-state index >= 15 is 0 Å². The van der Waals surface area contributed by atoms with Crippen LogP contribution in [-0.4, -0.2) is 110 Å². The number of benzene rings is 2. The molecule has 250 valence electrons. The maximum Gasteiger partial charge on any atom is 0.247 e. The van der Waals surface area contributed by atoms with Crippen LogP contribution in [0.3, 0.4) is 0 Å². The van der Waals surface area contributed by atoms with Crippen molar-refractivity contribution in [2.24, 2.45) is 5.16 Å². The highest BCUT2D eigenvalue weighted by Gasteiger charge is 2.55. The van der Waals surface area contributed by atoms with Crippen LogP contribution in [0, 0.1) is 5.82 Å². The molecular formula is C31H37FN2O12. The van der Waals surface area contributed by atoms with Crippen LogP contribution >= 0.6 is 0 Å². The lowest BCUT2D eigenvalue weighted by molar-refractivity contribution is -0.155. The van der Waals surface area contributed by atoms with E-state index in [9.17, 15) is 39.8 Å². The van der Waals surface area contributed by atoms with Crippen LogP contribution in [0.15, 0.2) is 53.2 Å². The van der Waals surface area contributed by atoms with E-state index < -0.39 is 72.4 Å². The molecule has 10 atom stereocenters. The van der Waals surface area contributed by atoms with E-state index in [2.05, 4.69) is 10.5 Å². The Bertz CT molecular complexity index is 1490. The Morgan fingerprint density at radius 1 is 1.09 bits per heavy atom. The Labute approximate surface area is 263 Å². The van der Waals surface area contributed by atoms with E-state index in [0.29, 0.717) is 5.56 Å². The molecule has 0 bridgehead atoms. The number of aliphatic hydroxyl groups is 5. The number of phenols is 1. The summed E-state index contributed by atoms with van der Waals surface area (Å²) in [6, 6.07) is 8.95. The fourth-order valence-electron chi connectivity index (χ4n) is 5.51. The molecule has 2 heterocycles. The van der Waals surface area contributed by atoms with Gasteiger partial charge in [0.2, 0.25) is 12.2 Å². The number of rotatable bonds is 9. The molecule has 2 saturated heterocycles. The molecule has 7 N–H and O–H groups in total. The van der Waals surface area contributed by atoms with E-state index in [4.69, 9.17) is 23.8 Å². The summed E-state index contributed by atoms with van der Waals surface area (Å²) >= 11 is 0. The summed E-state index contributed by atoms with van der Waals surface area (Å²) in [5, 5.41) is 70.1. The van der Waals surface area contributed by atoms with Crippen LogP contribution in [0.4, 0.5) is 4.39 Å². The second-order valence-corrected chi connectivity index (χ2v) is 11.7. The molecule has 2 aliphatic heterocycles. The van der Waals surface area contributed by atoms with Gasteiger partial charge in [0.15, 0.2) is 17.1 Å². The number of hydrogen-bond donors (Lipinski definition) is 7. The standard InChI is InChI=1S/C31H37FN2O12/c1-14(29(40)33-21-22(36)24(38)27-26(23(21)37)42-13-43-27)10-16-8-9-20(19(35)11-16)45-30-31(3,41)28(39)25(46-30)15(2)34-44-12-17-6-4-5-7-18(17)32/h4-11,21-28,30,35-39,41H,12-13H2,1-3H3,(H,33,40)/b14-10+,34-15+/t21-,22?,23-,24?,25-,26+,27?,28-,30-,31+/m1/s1. The Balaban J connectivity index is 1.21. The van der Waals surface area contributed by atoms with Crippen molar-refractivity contribution in [1.29, 1.82) is 0 Å². The average molecular weight is 649 g/mol. The van der Waals surface area contributed by atoms with Gasteiger partial charge in [-0.25, -0.2) is 4.39 Å². The van der Waals surface area contributed by atoms with Crippen LogP contribution < -0.4 is 10.1 Å². The van der Waals surface area contributed by atoms with Crippen LogP contribution in [0.2, 0.25) is 0 Å². The summed E-state index contributed by atoms with van der Waals surface area (Å²) in [6.07, 6.45) is -8.73. The highest BCUT2D eigenvalue weighted by atomic mass is 19.1. The molecular weight excluding hydrogens is 611 g/mol. The fraction of sp³-hybridized carbons (Fsp3) is 0.484. The first kappa shape index (κ1) is 33.7. The number of hydrogen-bond acceptors (Lipinski definition) is 13. The quantitative estimate of drug-likeness (QED) is 0.109. The number of ether oxygens (including phenoxy) is 4. The summed E-state index contributed by atoms with van der Waals surface area (Å²) in [6.45, 7) is 3.93. The van der Waals surface area contributed by atoms with Gasteiger partial charge >= 0.3 is 0 Å². The van der Waals surface area contributed by atoms with Crippen molar-refractivity contribution in [3.63, 3.8) is 0 Å². The first-order valence-corrected chi connectivity index (χ1v) is 14.5. The van der Waals surface area contributed by atoms with Gasteiger partial charge in [0.25, 0.3) is 0 Å². The summed E-state index contributed by atoms with van der Waals surface area (Å²) < 4.78 is 35.8. The van der Waals surface area contributed by atoms with E-state index in [1.165, 1.54) is 57.2 Å². The number of carbonyl (C=O) groups is 1. The number of nitrogens with one attached hydrogen (secondary N) is 1. The molecule has 3 fully saturated rings. The Morgan fingerprint density at radius 2 is 1.78 bits per heavy atom. The van der Waals surface area contributed by atoms with Crippen molar-refractivity contribution in [2.45, 2.75) is 88.0 Å². The maximum absolute atomic E-state index is 13.8. The van der Waals surface area contributed by atoms with Crippen molar-refractivity contribution in [1.82, 2.24) is 5.32 Å². The number of oxime groups is 1. The molecule has 3 aliphatic rings. The fourth-order valence-corrected chi connectivity index (χ4v) is 5.51. The zero-order valence-electron chi connectivity index (χ0n) is 25.2. The number of aromatic hydroxyl groups is 1. The Kier molecular flexibility index (Phi) is 9.95. The summed E-state index contributed by atoms with van der Waals surface area (Å²) in [4.78, 5) is 18.1. The molecule has 5 rings (SSSR count). The van der Waals surface area contributed by atoms with Gasteiger partial charge in [0.1, 0.15) is 61.9 Å². The van der Waals surface area contributed by atoms with Gasteiger partial charge in [-0.2, -0.15) is 0 Å². The number of fused-ring (bicyclic) bond motifs is 1. The predicted molar refractivity (Wildman–Crippen MR) is 157 cm³/mol. The second kappa shape index (κ2) is 13.6. The normalized spacial score (nSPS) is 34.7. The van der Waals surface area contributed by atoms with Gasteiger partial charge in [-0.1, -0.05) is 29.4 Å². The van der Waals surface area contributed by atoms with Crippen molar-refractivity contribution < 1.29 is 63.6 Å². The number of aliphatic hydroxyl groups excluding tert-OH is 4. The lowest BCUT2D eigenvalue weighted by atomic mass is 9.83. The topological polar surface area (TPSA) is 209 Å². The van der Waals surface area contributed by atoms with Crippen molar-refractivity contribution in [3.05, 3.63) is 65.0 Å². The van der Waals surface area contributed by atoms with Gasteiger partial charge in [0, 0.05) is 11.1 Å². The van der Waals surface area contributed by atoms with Crippen LogP contribution in [0.25, 0.3) is 6.08 Å². The Morgan fingerprint density at radius 3 is 2.48 bits per heavy atom. The molecule has 14 nitrogen and oxygen atoms in total. The minimum Gasteiger partial charge on any atom is -0.504 e. The largest absolute Gasteiger partial charge is 0.504 e. The third-order valence-corrected chi connectivity index (χ3v) is 8.29. The number of phenolic OH excluding ortho intramolecular Hbond substituents is 1. The minimum absolute atomic E-state index is 0.0986. The molecule has 15 heteroatoms. The number of amides is 1. The minimum atomic E-state index is -1.94. The number of nitrogens with zero attached hydrogens (tertiary/aromatic N) is 1. The van der Waals surface area contributed by atoms with Gasteiger partial charge in [0.05, 0.1) is 11.8 Å². The lowest BCUT2D eigenvalue weighted by Crippen LogP contribution is -2.67. The van der Waals surface area contributed by atoms with Gasteiger partial charge in [-0.15, -0.1) is 0 Å². The SMILES string of the molecule is C/C(=C\c1ccc(O[C@@H]2O[C@H](/C(C)=N/OCc3ccccc3F)[C@@H](O)[C@]2(C)O)c(O)c1)C(=O)N[C@@H]1C(O)C(O)C2OCO[C@H]2[C@@H]1O. The Hall–Kier alpha value is -3.67. The molecule has 46 heavy (non-hydrogen) atoms. The highest BCUT2D eigenvalue weighted by Crippen LogP contribution is 2.37. The molecule has 2 aromatic rings. The van der Waals surface area contributed by atoms with Crippen LogP contribution in [0.5, 0.6) is 11.5 Å². The zero-order valence-corrected chi connectivity index (χ0v) is 25.2. The molecule has 1 amide bonds. The molecule has 0 radical (unpaired) electrons. The van der Waals surface area contributed by atoms with E-state index in [1.54, 1.807) is 12.1 Å². The van der Waals surface area contributed by atoms with Crippen LogP contribution in [-0.2, 0) is 30.4 Å². The van der Waals surface area contributed by atoms with Crippen molar-refractivity contribution in [2.75, 3.05) is 6.79 Å². The molecule has 0 aromatic heterocycles. The van der Waals surface area contributed by atoms with Crippen molar-refractivity contribution >= 4 is 17.7 Å². The van der Waals surface area contributed by atoms with Gasteiger partial charge < -0.3 is 59.7 Å². The number of carbonyl (C=O) groups excluding carboxylic acids is 1. The highest BCUT2D eigenvalue weighted by molar-refractivity contribution is 5.97. The monoisotopic (exact) mass is 648 g/mol. The zero-order chi connectivity index (χ0) is 33.3. The van der Waals surface area contributed by atoms with Gasteiger partial charge in [-0.05, 0) is 50.6 Å². The summed E-state index contributed by atoms with van der Waals surface area (Å²) in [7, 11) is 0. The molecule has 0 spiro atoms. The first-order valence-electron chi connectivity index (χ1n) is 14.5. The average Bonchev–Trinajstić information content (AvgIpc) is 3.60. The molecule has 2 aromatic carbocycles. The molecule has 1 saturated carbocycles. The van der Waals surface area contributed by atoms with Crippen LogP contribution in [0.1, 0.15) is 31.9 Å². The van der Waals surface area contributed by atoms with E-state index in [1.807, 2.05) is 0 Å². The van der Waals surface area contributed by atoms with E-state index in [0.717, 1.165) is 0 Å². The third-order valence-electron chi connectivity index (χ3n) is 8.29. The smallest absolute Gasteiger partial charge is 0.247 e. The third kappa shape index (κ3) is 6.72. The maximum atomic E-state index is 13.8. The van der Waals surface area contributed by atoms with Crippen molar-refractivity contribution in [3.8, 4) is 11.5 Å².